The first-order valence-corrected chi connectivity index (χ1v) is 10.7. The van der Waals surface area contributed by atoms with E-state index in [9.17, 15) is 4.79 Å². The number of hydrogen-bond donors (Lipinski definition) is 1. The standard InChI is InChI=1S/C22H28BrN5O3/c1-12-20(23)14(3)28(26-12)16(5)22(29)24-21-13(2)25-27(15(21)4)11-17-8-9-18(30-6)19(10-17)31-7/h8-10,16H,11H2,1-7H3,(H,24,29). The first kappa shape index (κ1) is 22.9. The molecule has 31 heavy (non-hydrogen) atoms. The molecular formula is C22H28BrN5O3. The summed E-state index contributed by atoms with van der Waals surface area (Å²) >= 11 is 3.52. The highest BCUT2D eigenvalue weighted by Crippen LogP contribution is 2.29. The van der Waals surface area contributed by atoms with Gasteiger partial charge in [0.05, 0.1) is 53.7 Å². The topological polar surface area (TPSA) is 83.2 Å². The summed E-state index contributed by atoms with van der Waals surface area (Å²) in [6, 6.07) is 5.31. The molecule has 8 nitrogen and oxygen atoms in total. The number of benzene rings is 1. The number of nitrogens with one attached hydrogen (secondary N) is 1. The molecule has 3 rings (SSSR count). The highest BCUT2D eigenvalue weighted by molar-refractivity contribution is 9.10. The fourth-order valence-corrected chi connectivity index (χ4v) is 3.80. The number of rotatable bonds is 7. The Balaban J connectivity index is 1.81. The lowest BCUT2D eigenvalue weighted by molar-refractivity contribution is -0.119. The van der Waals surface area contributed by atoms with Crippen molar-refractivity contribution in [2.24, 2.45) is 0 Å². The molecule has 1 amide bonds. The van der Waals surface area contributed by atoms with Crippen molar-refractivity contribution >= 4 is 27.5 Å². The average Bonchev–Trinajstić information content (AvgIpc) is 3.17. The van der Waals surface area contributed by atoms with E-state index in [0.29, 0.717) is 18.0 Å². The lowest BCUT2D eigenvalue weighted by atomic mass is 10.2. The summed E-state index contributed by atoms with van der Waals surface area (Å²) in [4.78, 5) is 13.0. The van der Waals surface area contributed by atoms with E-state index < -0.39 is 6.04 Å². The largest absolute Gasteiger partial charge is 0.493 e. The van der Waals surface area contributed by atoms with Gasteiger partial charge in [-0.3, -0.25) is 14.2 Å². The molecule has 0 aliphatic heterocycles. The Morgan fingerprint density at radius 2 is 1.74 bits per heavy atom. The third-order valence-corrected chi connectivity index (χ3v) is 6.54. The Labute approximate surface area is 190 Å². The number of aryl methyl sites for hydroxylation is 2. The normalized spacial score (nSPS) is 12.0. The maximum atomic E-state index is 13.0. The van der Waals surface area contributed by atoms with Gasteiger partial charge < -0.3 is 14.8 Å². The van der Waals surface area contributed by atoms with Gasteiger partial charge in [0.25, 0.3) is 0 Å². The second-order valence-corrected chi connectivity index (χ2v) is 8.28. The van der Waals surface area contributed by atoms with E-state index in [-0.39, 0.29) is 5.91 Å². The van der Waals surface area contributed by atoms with Gasteiger partial charge in [0.1, 0.15) is 6.04 Å². The molecule has 9 heteroatoms. The van der Waals surface area contributed by atoms with Crippen LogP contribution in [0.25, 0.3) is 0 Å². The second-order valence-electron chi connectivity index (χ2n) is 7.49. The van der Waals surface area contributed by atoms with Crippen molar-refractivity contribution in [3.8, 4) is 11.5 Å². The molecule has 1 N–H and O–H groups in total. The van der Waals surface area contributed by atoms with Crippen LogP contribution in [0.3, 0.4) is 0 Å². The molecule has 1 aromatic carbocycles. The van der Waals surface area contributed by atoms with E-state index in [0.717, 1.165) is 38.5 Å². The fraction of sp³-hybridized carbons (Fsp3) is 0.409. The van der Waals surface area contributed by atoms with E-state index in [4.69, 9.17) is 9.47 Å². The van der Waals surface area contributed by atoms with Gasteiger partial charge in [0, 0.05) is 0 Å². The highest BCUT2D eigenvalue weighted by atomic mass is 79.9. The second kappa shape index (κ2) is 9.13. The zero-order valence-corrected chi connectivity index (χ0v) is 20.5. The molecule has 0 saturated carbocycles. The molecule has 2 heterocycles. The summed E-state index contributed by atoms with van der Waals surface area (Å²) in [5, 5.41) is 12.1. The Kier molecular flexibility index (Phi) is 6.74. The van der Waals surface area contributed by atoms with Crippen molar-refractivity contribution in [1.29, 1.82) is 0 Å². The van der Waals surface area contributed by atoms with Crippen LogP contribution in [0.1, 0.15) is 41.3 Å². The quantitative estimate of drug-likeness (QED) is 0.533. The first-order chi connectivity index (χ1) is 14.7. The number of aromatic nitrogens is 4. The van der Waals surface area contributed by atoms with Gasteiger partial charge in [-0.15, -0.1) is 0 Å². The van der Waals surface area contributed by atoms with Crippen LogP contribution < -0.4 is 14.8 Å². The van der Waals surface area contributed by atoms with Crippen LogP contribution in [-0.2, 0) is 11.3 Å². The van der Waals surface area contributed by atoms with E-state index in [1.54, 1.807) is 18.9 Å². The van der Waals surface area contributed by atoms with Gasteiger partial charge in [-0.25, -0.2) is 0 Å². The molecule has 2 aromatic heterocycles. The summed E-state index contributed by atoms with van der Waals surface area (Å²) < 4.78 is 15.2. The number of amides is 1. The number of carbonyl (C=O) groups is 1. The smallest absolute Gasteiger partial charge is 0.249 e. The molecule has 3 aromatic rings. The minimum atomic E-state index is -0.460. The highest BCUT2D eigenvalue weighted by Gasteiger charge is 2.23. The maximum absolute atomic E-state index is 13.0. The van der Waals surface area contributed by atoms with Crippen molar-refractivity contribution in [3.63, 3.8) is 0 Å². The average molecular weight is 490 g/mol. The third-order valence-electron chi connectivity index (χ3n) is 5.39. The lowest BCUT2D eigenvalue weighted by Crippen LogP contribution is -2.25. The third kappa shape index (κ3) is 4.46. The maximum Gasteiger partial charge on any atom is 0.249 e. The molecule has 1 atom stereocenters. The zero-order valence-electron chi connectivity index (χ0n) is 18.9. The molecule has 0 aliphatic carbocycles. The van der Waals surface area contributed by atoms with Crippen LogP contribution in [0.5, 0.6) is 11.5 Å². The van der Waals surface area contributed by atoms with Gasteiger partial charge in [-0.05, 0) is 68.2 Å². The Morgan fingerprint density at radius 3 is 2.32 bits per heavy atom. The van der Waals surface area contributed by atoms with Gasteiger partial charge in [0.2, 0.25) is 5.91 Å². The molecular weight excluding hydrogens is 462 g/mol. The molecule has 0 radical (unpaired) electrons. The number of ether oxygens (including phenoxy) is 2. The van der Waals surface area contributed by atoms with Crippen molar-refractivity contribution in [3.05, 3.63) is 51.0 Å². The summed E-state index contributed by atoms with van der Waals surface area (Å²) in [5.41, 5.74) is 5.14. The van der Waals surface area contributed by atoms with Crippen molar-refractivity contribution in [2.75, 3.05) is 19.5 Å². The van der Waals surface area contributed by atoms with E-state index in [1.165, 1.54) is 0 Å². The van der Waals surface area contributed by atoms with Crippen LogP contribution in [0.4, 0.5) is 5.69 Å². The van der Waals surface area contributed by atoms with Crippen molar-refractivity contribution in [1.82, 2.24) is 19.6 Å². The monoisotopic (exact) mass is 489 g/mol. The molecule has 1 unspecified atom stereocenters. The number of hydrogen-bond acceptors (Lipinski definition) is 5. The lowest BCUT2D eigenvalue weighted by Gasteiger charge is -2.15. The SMILES string of the molecule is COc1ccc(Cn2nc(C)c(NC(=O)C(C)n3nc(C)c(Br)c3C)c2C)cc1OC. The predicted octanol–water partition coefficient (Wildman–Crippen LogP) is 4.34. The van der Waals surface area contributed by atoms with Gasteiger partial charge in [0.15, 0.2) is 11.5 Å². The molecule has 0 saturated heterocycles. The van der Waals surface area contributed by atoms with Crippen LogP contribution >= 0.6 is 15.9 Å². The molecule has 0 bridgehead atoms. The van der Waals surface area contributed by atoms with E-state index in [1.807, 2.05) is 57.5 Å². The van der Waals surface area contributed by atoms with Crippen LogP contribution in [0.2, 0.25) is 0 Å². The summed E-state index contributed by atoms with van der Waals surface area (Å²) in [6.07, 6.45) is 0. The predicted molar refractivity (Wildman–Crippen MR) is 123 cm³/mol. The zero-order chi connectivity index (χ0) is 22.9. The van der Waals surface area contributed by atoms with Crippen LogP contribution in [0, 0.1) is 27.7 Å². The van der Waals surface area contributed by atoms with Crippen molar-refractivity contribution in [2.45, 2.75) is 47.2 Å². The summed E-state index contributed by atoms with van der Waals surface area (Å²) in [5.74, 6) is 1.20. The van der Waals surface area contributed by atoms with Crippen molar-refractivity contribution < 1.29 is 14.3 Å². The van der Waals surface area contributed by atoms with E-state index in [2.05, 4.69) is 31.4 Å². The van der Waals surface area contributed by atoms with Gasteiger partial charge in [-0.2, -0.15) is 10.2 Å². The van der Waals surface area contributed by atoms with Gasteiger partial charge >= 0.3 is 0 Å². The number of carbonyl (C=O) groups excluding carboxylic acids is 1. The number of nitrogens with zero attached hydrogens (tertiary/aromatic N) is 4. The first-order valence-electron chi connectivity index (χ1n) is 9.94. The number of halogens is 1. The Hall–Kier alpha value is -2.81. The van der Waals surface area contributed by atoms with Crippen LogP contribution in [-0.4, -0.2) is 39.7 Å². The minimum absolute atomic E-state index is 0.144. The van der Waals surface area contributed by atoms with Gasteiger partial charge in [-0.1, -0.05) is 6.07 Å². The molecule has 0 fully saturated rings. The van der Waals surface area contributed by atoms with E-state index >= 15 is 0 Å². The number of methoxy groups -OCH3 is 2. The molecule has 0 aliphatic rings. The summed E-state index contributed by atoms with van der Waals surface area (Å²) in [7, 11) is 3.22. The minimum Gasteiger partial charge on any atom is -0.493 e. The molecule has 0 spiro atoms. The molecule has 166 valence electrons. The Bertz CT molecular complexity index is 1120. The Morgan fingerprint density at radius 1 is 1.06 bits per heavy atom. The summed E-state index contributed by atoms with van der Waals surface area (Å²) in [6.45, 7) is 10.1. The van der Waals surface area contributed by atoms with Crippen LogP contribution in [0.15, 0.2) is 22.7 Å². The number of anilines is 1. The fourth-order valence-electron chi connectivity index (χ4n) is 3.54.